The van der Waals surface area contributed by atoms with Gasteiger partial charge in [0.2, 0.25) is 17.8 Å². The summed E-state index contributed by atoms with van der Waals surface area (Å²) >= 11 is 1.45. The van der Waals surface area contributed by atoms with Crippen LogP contribution in [-0.4, -0.2) is 34.4 Å². The maximum atomic E-state index is 11.9. The summed E-state index contributed by atoms with van der Waals surface area (Å²) < 4.78 is 0. The Kier molecular flexibility index (Phi) is 3.01. The number of thiophene rings is 1. The SMILES string of the molecule is CCC1C(=O)NC(=O)CN1c1nc(N)nc2sccc12. The minimum atomic E-state index is -0.426. The van der Waals surface area contributed by atoms with E-state index in [2.05, 4.69) is 15.3 Å². The first-order valence-corrected chi connectivity index (χ1v) is 7.09. The summed E-state index contributed by atoms with van der Waals surface area (Å²) in [6, 6.07) is 1.45. The van der Waals surface area contributed by atoms with Crippen LogP contribution in [-0.2, 0) is 9.59 Å². The molecule has 3 N–H and O–H groups in total. The molecule has 3 rings (SSSR count). The van der Waals surface area contributed by atoms with Crippen molar-refractivity contribution in [1.29, 1.82) is 0 Å². The summed E-state index contributed by atoms with van der Waals surface area (Å²) in [5.74, 6) is 0.0524. The molecule has 1 aliphatic rings. The minimum Gasteiger partial charge on any atom is -0.368 e. The lowest BCUT2D eigenvalue weighted by atomic mass is 10.1. The zero-order chi connectivity index (χ0) is 14.3. The van der Waals surface area contributed by atoms with Gasteiger partial charge in [0.05, 0.1) is 11.9 Å². The predicted molar refractivity (Wildman–Crippen MR) is 76.4 cm³/mol. The third kappa shape index (κ3) is 1.97. The summed E-state index contributed by atoms with van der Waals surface area (Å²) in [5, 5.41) is 5.04. The average molecular weight is 291 g/mol. The molecular weight excluding hydrogens is 278 g/mol. The van der Waals surface area contributed by atoms with Crippen molar-refractivity contribution in [3.8, 4) is 0 Å². The predicted octanol–water partition coefficient (Wildman–Crippen LogP) is 0.515. The van der Waals surface area contributed by atoms with Crippen LogP contribution in [0.3, 0.4) is 0 Å². The summed E-state index contributed by atoms with van der Waals surface area (Å²) in [6.45, 7) is 1.98. The highest BCUT2D eigenvalue weighted by molar-refractivity contribution is 7.16. The molecule has 8 heteroatoms. The first kappa shape index (κ1) is 12.8. The number of fused-ring (bicyclic) bond motifs is 1. The lowest BCUT2D eigenvalue weighted by Crippen LogP contribution is -2.58. The molecule has 0 radical (unpaired) electrons. The molecule has 20 heavy (non-hydrogen) atoms. The van der Waals surface area contributed by atoms with Crippen molar-refractivity contribution in [3.05, 3.63) is 11.4 Å². The molecule has 0 saturated carbocycles. The molecule has 0 spiro atoms. The van der Waals surface area contributed by atoms with Gasteiger partial charge in [-0.15, -0.1) is 11.3 Å². The van der Waals surface area contributed by atoms with E-state index >= 15 is 0 Å². The van der Waals surface area contributed by atoms with E-state index in [0.29, 0.717) is 12.2 Å². The van der Waals surface area contributed by atoms with Crippen LogP contribution in [0, 0.1) is 0 Å². The summed E-state index contributed by atoms with van der Waals surface area (Å²) in [4.78, 5) is 34.4. The fourth-order valence-electron chi connectivity index (χ4n) is 2.37. The molecule has 1 saturated heterocycles. The van der Waals surface area contributed by atoms with Gasteiger partial charge in [0.25, 0.3) is 0 Å². The maximum absolute atomic E-state index is 11.9. The number of rotatable bonds is 2. The molecule has 7 nitrogen and oxygen atoms in total. The number of hydrogen-bond donors (Lipinski definition) is 2. The van der Waals surface area contributed by atoms with Gasteiger partial charge in [-0.25, -0.2) is 4.98 Å². The van der Waals surface area contributed by atoms with Crippen molar-refractivity contribution in [2.45, 2.75) is 19.4 Å². The van der Waals surface area contributed by atoms with E-state index < -0.39 is 6.04 Å². The third-order valence-corrected chi connectivity index (χ3v) is 4.04. The normalized spacial score (nSPS) is 19.4. The number of imide groups is 1. The number of carbonyl (C=O) groups is 2. The van der Waals surface area contributed by atoms with Crippen LogP contribution in [0.1, 0.15) is 13.3 Å². The number of carbonyl (C=O) groups excluding carboxylic acids is 2. The molecule has 2 aromatic heterocycles. The van der Waals surface area contributed by atoms with Crippen molar-refractivity contribution in [1.82, 2.24) is 15.3 Å². The summed E-state index contributed by atoms with van der Waals surface area (Å²) in [5.41, 5.74) is 5.72. The highest BCUT2D eigenvalue weighted by Gasteiger charge is 2.34. The van der Waals surface area contributed by atoms with Gasteiger partial charge in [-0.2, -0.15) is 4.98 Å². The zero-order valence-corrected chi connectivity index (χ0v) is 11.6. The van der Waals surface area contributed by atoms with Crippen molar-refractivity contribution < 1.29 is 9.59 Å². The zero-order valence-electron chi connectivity index (χ0n) is 10.8. The van der Waals surface area contributed by atoms with Crippen molar-refractivity contribution in [3.63, 3.8) is 0 Å². The second kappa shape index (κ2) is 4.71. The molecule has 3 heterocycles. The van der Waals surface area contributed by atoms with E-state index in [4.69, 9.17) is 5.73 Å². The van der Waals surface area contributed by atoms with Gasteiger partial charge < -0.3 is 10.6 Å². The van der Waals surface area contributed by atoms with Gasteiger partial charge in [0.15, 0.2) is 0 Å². The van der Waals surface area contributed by atoms with Gasteiger partial charge in [-0.3, -0.25) is 14.9 Å². The second-order valence-electron chi connectivity index (χ2n) is 4.51. The van der Waals surface area contributed by atoms with Gasteiger partial charge >= 0.3 is 0 Å². The molecule has 0 bridgehead atoms. The van der Waals surface area contributed by atoms with Crippen molar-refractivity contribution in [2.75, 3.05) is 17.2 Å². The van der Waals surface area contributed by atoms with Crippen LogP contribution < -0.4 is 16.0 Å². The first-order valence-electron chi connectivity index (χ1n) is 6.21. The maximum Gasteiger partial charge on any atom is 0.249 e. The Bertz CT molecular complexity index is 698. The number of nitrogens with two attached hydrogens (primary N) is 1. The van der Waals surface area contributed by atoms with Crippen molar-refractivity contribution >= 4 is 45.1 Å². The fourth-order valence-corrected chi connectivity index (χ4v) is 3.14. The van der Waals surface area contributed by atoms with E-state index in [1.54, 1.807) is 4.90 Å². The van der Waals surface area contributed by atoms with Crippen LogP contribution in [0.5, 0.6) is 0 Å². The molecule has 0 aromatic carbocycles. The Morgan fingerprint density at radius 2 is 2.30 bits per heavy atom. The Labute approximate surface area is 118 Å². The topological polar surface area (TPSA) is 101 Å². The molecule has 1 unspecified atom stereocenters. The van der Waals surface area contributed by atoms with Gasteiger partial charge in [-0.05, 0) is 17.9 Å². The lowest BCUT2D eigenvalue weighted by molar-refractivity contribution is -0.132. The number of nitrogen functional groups attached to an aromatic ring is 1. The summed E-state index contributed by atoms with van der Waals surface area (Å²) in [7, 11) is 0. The summed E-state index contributed by atoms with van der Waals surface area (Å²) in [6.07, 6.45) is 0.578. The molecular formula is C12H13N5O2S. The second-order valence-corrected chi connectivity index (χ2v) is 5.40. The Morgan fingerprint density at radius 1 is 1.50 bits per heavy atom. The third-order valence-electron chi connectivity index (χ3n) is 3.24. The molecule has 0 aliphatic carbocycles. The smallest absolute Gasteiger partial charge is 0.249 e. The van der Waals surface area contributed by atoms with Crippen LogP contribution in [0.15, 0.2) is 11.4 Å². The molecule has 1 fully saturated rings. The Balaban J connectivity index is 2.14. The highest BCUT2D eigenvalue weighted by atomic mass is 32.1. The standard InChI is InChI=1S/C12H13N5O2S/c1-2-7-10(19)14-8(18)5-17(7)9-6-3-4-20-11(6)16-12(13)15-9/h3-4,7H,2,5H2,1H3,(H2,13,15,16)(H,14,18,19). The van der Waals surface area contributed by atoms with E-state index in [9.17, 15) is 9.59 Å². The van der Waals surface area contributed by atoms with Crippen LogP contribution >= 0.6 is 11.3 Å². The monoisotopic (exact) mass is 291 g/mol. The van der Waals surface area contributed by atoms with Crippen LogP contribution in [0.4, 0.5) is 11.8 Å². The van der Waals surface area contributed by atoms with Crippen molar-refractivity contribution in [2.24, 2.45) is 0 Å². The van der Waals surface area contributed by atoms with E-state index in [0.717, 1.165) is 10.2 Å². The van der Waals surface area contributed by atoms with Gasteiger partial charge in [-0.1, -0.05) is 6.92 Å². The highest BCUT2D eigenvalue weighted by Crippen LogP contribution is 2.30. The number of nitrogens with zero attached hydrogens (tertiary/aromatic N) is 3. The largest absolute Gasteiger partial charge is 0.368 e. The van der Waals surface area contributed by atoms with Crippen LogP contribution in [0.25, 0.3) is 10.2 Å². The minimum absolute atomic E-state index is 0.0889. The van der Waals surface area contributed by atoms with Gasteiger partial charge in [0.1, 0.15) is 16.7 Å². The quantitative estimate of drug-likeness (QED) is 0.782. The average Bonchev–Trinajstić information content (AvgIpc) is 2.84. The number of aromatic nitrogens is 2. The number of anilines is 2. The first-order chi connectivity index (χ1) is 9.60. The van der Waals surface area contributed by atoms with Gasteiger partial charge in [0, 0.05) is 0 Å². The number of nitrogens with one attached hydrogen (secondary N) is 1. The van der Waals surface area contributed by atoms with E-state index in [-0.39, 0.29) is 24.3 Å². The lowest BCUT2D eigenvalue weighted by Gasteiger charge is -2.34. The number of piperazine rings is 1. The molecule has 1 aliphatic heterocycles. The Hall–Kier alpha value is -2.22. The fraction of sp³-hybridized carbons (Fsp3) is 0.333. The molecule has 2 amide bonds. The van der Waals surface area contributed by atoms with Crippen LogP contribution in [0.2, 0.25) is 0 Å². The van der Waals surface area contributed by atoms with E-state index in [1.807, 2.05) is 18.4 Å². The molecule has 2 aromatic rings. The Morgan fingerprint density at radius 3 is 3.05 bits per heavy atom. The number of amides is 2. The number of hydrogen-bond acceptors (Lipinski definition) is 7. The van der Waals surface area contributed by atoms with E-state index in [1.165, 1.54) is 11.3 Å². The molecule has 1 atom stereocenters. The molecule has 104 valence electrons.